The largest absolute Gasteiger partial charge is 0.493 e. The van der Waals surface area contributed by atoms with Gasteiger partial charge in [-0.15, -0.1) is 0 Å². The van der Waals surface area contributed by atoms with E-state index >= 15 is 0 Å². The van der Waals surface area contributed by atoms with Crippen molar-refractivity contribution >= 4 is 45.4 Å². The normalized spacial score (nSPS) is 13.8. The van der Waals surface area contributed by atoms with Crippen molar-refractivity contribution in [2.24, 2.45) is 0 Å². The van der Waals surface area contributed by atoms with E-state index in [0.717, 1.165) is 15.4 Å². The molecule has 1 aliphatic heterocycles. The van der Waals surface area contributed by atoms with Crippen LogP contribution < -0.4 is 18.7 Å². The van der Waals surface area contributed by atoms with E-state index in [-0.39, 0.29) is 22.0 Å². The van der Waals surface area contributed by atoms with Crippen LogP contribution in [-0.4, -0.2) is 33.4 Å². The number of carbonyl (C=O) groups is 3. The monoisotopic (exact) mass is 568 g/mol. The van der Waals surface area contributed by atoms with Crippen LogP contribution in [0.2, 0.25) is 0 Å². The maximum absolute atomic E-state index is 13.6. The number of amides is 4. The predicted octanol–water partition coefficient (Wildman–Crippen LogP) is 5.35. The highest BCUT2D eigenvalue weighted by Crippen LogP contribution is 2.33. The third kappa shape index (κ3) is 5.45. The van der Waals surface area contributed by atoms with Crippen molar-refractivity contribution in [3.63, 3.8) is 0 Å². The smallest absolute Gasteiger partial charge is 0.343 e. The molecule has 1 heterocycles. The number of urea groups is 1. The molecule has 4 aromatic carbocycles. The maximum Gasteiger partial charge on any atom is 0.343 e. The number of anilines is 2. The average molecular weight is 569 g/mol. The number of para-hydroxylation sites is 2. The summed E-state index contributed by atoms with van der Waals surface area (Å²) >= 11 is 0. The van der Waals surface area contributed by atoms with Gasteiger partial charge < -0.3 is 8.92 Å². The molecule has 0 saturated carbocycles. The Kier molecular flexibility index (Phi) is 7.41. The molecule has 206 valence electrons. The van der Waals surface area contributed by atoms with Crippen LogP contribution >= 0.6 is 0 Å². The highest BCUT2D eigenvalue weighted by atomic mass is 32.2. The first-order chi connectivity index (χ1) is 19.7. The molecule has 0 aromatic heterocycles. The molecule has 4 aromatic rings. The van der Waals surface area contributed by atoms with Crippen molar-refractivity contribution < 1.29 is 31.7 Å². The van der Waals surface area contributed by atoms with Gasteiger partial charge >= 0.3 is 16.1 Å². The zero-order valence-corrected chi connectivity index (χ0v) is 22.9. The summed E-state index contributed by atoms with van der Waals surface area (Å²) in [5.74, 6) is -1.63. The van der Waals surface area contributed by atoms with Crippen LogP contribution in [0.15, 0.2) is 114 Å². The number of aryl methyl sites for hydroxylation is 1. The lowest BCUT2D eigenvalue weighted by molar-refractivity contribution is -0.121. The van der Waals surface area contributed by atoms with Crippen LogP contribution in [-0.2, 0) is 19.7 Å². The van der Waals surface area contributed by atoms with Gasteiger partial charge in [-0.2, -0.15) is 8.42 Å². The predicted molar refractivity (Wildman–Crippen MR) is 153 cm³/mol. The summed E-state index contributed by atoms with van der Waals surface area (Å²) < 4.78 is 36.3. The fraction of sp³-hybridized carbons (Fsp3) is 0.0645. The molecule has 4 amide bonds. The number of barbiturate groups is 1. The minimum absolute atomic E-state index is 0.0265. The van der Waals surface area contributed by atoms with Gasteiger partial charge in [-0.3, -0.25) is 9.59 Å². The van der Waals surface area contributed by atoms with Gasteiger partial charge in [0, 0.05) is 0 Å². The summed E-state index contributed by atoms with van der Waals surface area (Å²) in [6.45, 7) is 1.84. The third-order valence-corrected chi connectivity index (χ3v) is 7.53. The Bertz CT molecular complexity index is 1710. The molecule has 0 atom stereocenters. The first-order valence-corrected chi connectivity index (χ1v) is 13.8. The maximum atomic E-state index is 13.6. The first-order valence-electron chi connectivity index (χ1n) is 12.4. The summed E-state index contributed by atoms with van der Waals surface area (Å²) in [5.41, 5.74) is 1.55. The standard InChI is InChI=1S/C31H24N2O7S/c1-21-13-16-25(17-14-21)41(37,38)40-27-18-15-22(20-28(27)39-2)19-26-29(34)32(23-9-5-3-6-10-23)31(36)33(30(26)35)24-11-7-4-8-12-24/h3-20H,1-2H3. The quantitative estimate of drug-likeness (QED) is 0.168. The molecule has 0 aliphatic carbocycles. The van der Waals surface area contributed by atoms with Crippen molar-refractivity contribution in [2.75, 3.05) is 16.9 Å². The topological polar surface area (TPSA) is 110 Å². The van der Waals surface area contributed by atoms with Crippen LogP contribution in [0.4, 0.5) is 16.2 Å². The Hall–Kier alpha value is -5.22. The van der Waals surface area contributed by atoms with Crippen LogP contribution in [0.25, 0.3) is 6.08 Å². The molecule has 1 aliphatic rings. The van der Waals surface area contributed by atoms with Gasteiger partial charge in [0.05, 0.1) is 18.5 Å². The number of hydrogen-bond acceptors (Lipinski definition) is 7. The number of imide groups is 2. The van der Waals surface area contributed by atoms with Crippen molar-refractivity contribution in [1.82, 2.24) is 0 Å². The Labute approximate surface area is 237 Å². The molecular formula is C31H24N2O7S. The van der Waals surface area contributed by atoms with Crippen LogP contribution in [0.3, 0.4) is 0 Å². The fourth-order valence-electron chi connectivity index (χ4n) is 4.22. The molecule has 0 N–H and O–H groups in total. The number of hydrogen-bond donors (Lipinski definition) is 0. The summed E-state index contributed by atoms with van der Waals surface area (Å²) in [4.78, 5) is 42.4. The molecule has 0 spiro atoms. The Balaban J connectivity index is 1.54. The SMILES string of the molecule is COc1cc(C=C2C(=O)N(c3ccccc3)C(=O)N(c3ccccc3)C2=O)ccc1OS(=O)(=O)c1ccc(C)cc1. The fourth-order valence-corrected chi connectivity index (χ4v) is 5.16. The minimum Gasteiger partial charge on any atom is -0.493 e. The number of nitrogens with zero attached hydrogens (tertiary/aromatic N) is 2. The van der Waals surface area contributed by atoms with E-state index in [9.17, 15) is 22.8 Å². The van der Waals surface area contributed by atoms with E-state index in [1.54, 1.807) is 72.8 Å². The molecule has 0 unspecified atom stereocenters. The molecule has 0 radical (unpaired) electrons. The average Bonchev–Trinajstić information content (AvgIpc) is 2.97. The van der Waals surface area contributed by atoms with E-state index in [2.05, 4.69) is 0 Å². The van der Waals surface area contributed by atoms with E-state index in [0.29, 0.717) is 16.9 Å². The lowest BCUT2D eigenvalue weighted by atomic mass is 10.0. The van der Waals surface area contributed by atoms with Gasteiger partial charge in [-0.25, -0.2) is 14.6 Å². The summed E-state index contributed by atoms with van der Waals surface area (Å²) in [7, 11) is -2.82. The highest BCUT2D eigenvalue weighted by Gasteiger charge is 2.43. The van der Waals surface area contributed by atoms with E-state index in [1.807, 2.05) is 6.92 Å². The molecular weight excluding hydrogens is 544 g/mol. The van der Waals surface area contributed by atoms with Crippen LogP contribution in [0, 0.1) is 6.92 Å². The summed E-state index contributed by atoms with van der Waals surface area (Å²) in [6.07, 6.45) is 1.32. The molecule has 10 heteroatoms. The molecule has 0 bridgehead atoms. The van der Waals surface area contributed by atoms with Crippen molar-refractivity contribution in [3.05, 3.63) is 120 Å². The Morgan fingerprint density at radius 1 is 0.683 bits per heavy atom. The van der Waals surface area contributed by atoms with Crippen molar-refractivity contribution in [1.29, 1.82) is 0 Å². The van der Waals surface area contributed by atoms with E-state index < -0.39 is 28.0 Å². The number of ether oxygens (including phenoxy) is 1. The molecule has 5 rings (SSSR count). The minimum atomic E-state index is -4.16. The second-order valence-electron chi connectivity index (χ2n) is 9.05. The second-order valence-corrected chi connectivity index (χ2v) is 10.6. The van der Waals surface area contributed by atoms with E-state index in [1.165, 1.54) is 43.5 Å². The Morgan fingerprint density at radius 2 is 1.22 bits per heavy atom. The Morgan fingerprint density at radius 3 is 1.73 bits per heavy atom. The summed E-state index contributed by atoms with van der Waals surface area (Å²) in [6, 6.07) is 26.2. The molecule has 41 heavy (non-hydrogen) atoms. The van der Waals surface area contributed by atoms with Gasteiger partial charge in [0.15, 0.2) is 11.5 Å². The lowest BCUT2D eigenvalue weighted by Crippen LogP contribution is -2.57. The van der Waals surface area contributed by atoms with Gasteiger partial charge in [0.1, 0.15) is 10.5 Å². The van der Waals surface area contributed by atoms with Crippen molar-refractivity contribution in [3.8, 4) is 11.5 Å². The zero-order chi connectivity index (χ0) is 29.1. The first kappa shape index (κ1) is 27.4. The van der Waals surface area contributed by atoms with Crippen molar-refractivity contribution in [2.45, 2.75) is 11.8 Å². The molecule has 1 saturated heterocycles. The van der Waals surface area contributed by atoms with Crippen LogP contribution in [0.1, 0.15) is 11.1 Å². The van der Waals surface area contributed by atoms with Crippen LogP contribution in [0.5, 0.6) is 11.5 Å². The zero-order valence-electron chi connectivity index (χ0n) is 22.1. The third-order valence-electron chi connectivity index (χ3n) is 6.29. The number of benzene rings is 4. The number of methoxy groups -OCH3 is 1. The van der Waals surface area contributed by atoms with Gasteiger partial charge in [-0.1, -0.05) is 60.2 Å². The lowest BCUT2D eigenvalue weighted by Gasteiger charge is -2.33. The number of rotatable bonds is 7. The summed E-state index contributed by atoms with van der Waals surface area (Å²) in [5, 5.41) is 0. The van der Waals surface area contributed by atoms with E-state index in [4.69, 9.17) is 8.92 Å². The molecule has 1 fully saturated rings. The van der Waals surface area contributed by atoms with Gasteiger partial charge in [0.25, 0.3) is 11.8 Å². The highest BCUT2D eigenvalue weighted by molar-refractivity contribution is 7.87. The van der Waals surface area contributed by atoms with Gasteiger partial charge in [-0.05, 0) is 67.1 Å². The second kappa shape index (κ2) is 11.1. The number of carbonyl (C=O) groups excluding carboxylic acids is 3. The van der Waals surface area contributed by atoms with Gasteiger partial charge in [0.2, 0.25) is 0 Å². The molecule has 9 nitrogen and oxygen atoms in total.